The number of carboxylic acid groups (broad SMARTS) is 1. The summed E-state index contributed by atoms with van der Waals surface area (Å²) in [5.74, 6) is 0.495. The summed E-state index contributed by atoms with van der Waals surface area (Å²) in [7, 11) is 0. The summed E-state index contributed by atoms with van der Waals surface area (Å²) in [5.41, 5.74) is 2.78. The number of aromatic hydroxyl groups is 1. The largest absolute Gasteiger partial charge is 0.507 e. The van der Waals surface area contributed by atoms with Crippen molar-refractivity contribution in [1.29, 1.82) is 0 Å². The molecule has 2 aromatic rings. The minimum atomic E-state index is -0.799. The summed E-state index contributed by atoms with van der Waals surface area (Å²) in [6, 6.07) is 14.2. The molecule has 0 atom stereocenters. The number of rotatable bonds is 9. The third-order valence-electron chi connectivity index (χ3n) is 5.19. The van der Waals surface area contributed by atoms with Crippen LogP contribution < -0.4 is 0 Å². The zero-order chi connectivity index (χ0) is 23.2. The maximum absolute atomic E-state index is 11.3. The minimum Gasteiger partial charge on any atom is -0.507 e. The molecule has 0 unspecified atom stereocenters. The highest BCUT2D eigenvalue weighted by Gasteiger charge is 2.26. The van der Waals surface area contributed by atoms with Gasteiger partial charge in [-0.2, -0.15) is 0 Å². The van der Waals surface area contributed by atoms with E-state index in [9.17, 15) is 15.0 Å². The Morgan fingerprint density at radius 2 is 1.52 bits per heavy atom. The highest BCUT2D eigenvalue weighted by molar-refractivity contribution is 7.99. The molecule has 2 aromatic carbocycles. The van der Waals surface area contributed by atoms with Crippen LogP contribution in [0, 0.1) is 0 Å². The van der Waals surface area contributed by atoms with E-state index in [-0.39, 0.29) is 17.4 Å². The summed E-state index contributed by atoms with van der Waals surface area (Å²) in [5, 5.41) is 20.1. The number of hydrogen-bond acceptors (Lipinski definition) is 4. The first-order valence-electron chi connectivity index (χ1n) is 10.9. The van der Waals surface area contributed by atoms with E-state index >= 15 is 0 Å². The van der Waals surface area contributed by atoms with Crippen LogP contribution in [0.25, 0.3) is 0 Å². The van der Waals surface area contributed by atoms with Gasteiger partial charge in [-0.1, -0.05) is 71.9 Å². The Kier molecular flexibility index (Phi) is 8.61. The predicted octanol–water partition coefficient (Wildman–Crippen LogP) is 6.06. The number of phenolic OH excluding ortho intramolecular Hbond substituents is 1. The van der Waals surface area contributed by atoms with Gasteiger partial charge in [-0.25, -0.2) is 0 Å². The van der Waals surface area contributed by atoms with Crippen molar-refractivity contribution in [2.75, 3.05) is 18.8 Å². The summed E-state index contributed by atoms with van der Waals surface area (Å²) in [6.07, 6.45) is 0.890. The summed E-state index contributed by atoms with van der Waals surface area (Å²) in [6.45, 7) is 14.1. The maximum atomic E-state index is 11.3. The average Bonchev–Trinajstić information content (AvgIpc) is 2.64. The molecular weight excluding hydrogens is 406 g/mol. The molecule has 0 aliphatic carbocycles. The standard InChI is InChI=1S/C26H37NO3S/c1-25(2,3)21-15-20(16-22(24(21)30)26(4,5)6)31-14-10-13-27(18-23(28)29)17-19-11-8-7-9-12-19/h7-9,11-12,15-16,30H,10,13-14,17-18H2,1-6H3,(H,28,29). The molecule has 0 radical (unpaired) electrons. The van der Waals surface area contributed by atoms with Gasteiger partial charge in [0, 0.05) is 22.6 Å². The number of aliphatic carboxylic acids is 1. The number of nitrogens with zero attached hydrogens (tertiary/aromatic N) is 1. The van der Waals surface area contributed by atoms with Gasteiger partial charge in [-0.3, -0.25) is 9.69 Å². The van der Waals surface area contributed by atoms with Crippen molar-refractivity contribution in [2.45, 2.75) is 70.2 Å². The molecule has 0 saturated heterocycles. The minimum absolute atomic E-state index is 0.0428. The van der Waals surface area contributed by atoms with Crippen molar-refractivity contribution in [1.82, 2.24) is 4.90 Å². The highest BCUT2D eigenvalue weighted by Crippen LogP contribution is 2.41. The normalized spacial score (nSPS) is 12.4. The third kappa shape index (κ3) is 7.89. The van der Waals surface area contributed by atoms with Gasteiger partial charge in [-0.15, -0.1) is 11.8 Å². The van der Waals surface area contributed by atoms with Crippen molar-refractivity contribution in [3.05, 3.63) is 59.2 Å². The fourth-order valence-corrected chi connectivity index (χ4v) is 4.47. The van der Waals surface area contributed by atoms with E-state index in [0.717, 1.165) is 40.3 Å². The van der Waals surface area contributed by atoms with Crippen molar-refractivity contribution < 1.29 is 15.0 Å². The van der Waals surface area contributed by atoms with Gasteiger partial charge in [-0.05, 0) is 47.2 Å². The van der Waals surface area contributed by atoms with E-state index in [1.54, 1.807) is 11.8 Å². The van der Waals surface area contributed by atoms with Gasteiger partial charge >= 0.3 is 5.97 Å². The van der Waals surface area contributed by atoms with Crippen molar-refractivity contribution >= 4 is 17.7 Å². The maximum Gasteiger partial charge on any atom is 0.317 e. The molecule has 0 fully saturated rings. The van der Waals surface area contributed by atoms with Crippen molar-refractivity contribution in [3.63, 3.8) is 0 Å². The Balaban J connectivity index is 2.06. The highest BCUT2D eigenvalue weighted by atomic mass is 32.2. The lowest BCUT2D eigenvalue weighted by Gasteiger charge is -2.28. The predicted molar refractivity (Wildman–Crippen MR) is 130 cm³/mol. The van der Waals surface area contributed by atoms with Crippen LogP contribution in [0.15, 0.2) is 47.4 Å². The first kappa shape index (κ1) is 25.3. The molecule has 0 saturated carbocycles. The Hall–Kier alpha value is -1.98. The molecular formula is C26H37NO3S. The van der Waals surface area contributed by atoms with Crippen LogP contribution in [0.3, 0.4) is 0 Å². The lowest BCUT2D eigenvalue weighted by molar-refractivity contribution is -0.138. The Morgan fingerprint density at radius 3 is 2.00 bits per heavy atom. The van der Waals surface area contributed by atoms with E-state index in [4.69, 9.17) is 0 Å². The first-order chi connectivity index (χ1) is 14.4. The quantitative estimate of drug-likeness (QED) is 0.364. The van der Waals surface area contributed by atoms with Crippen LogP contribution in [0.2, 0.25) is 0 Å². The zero-order valence-electron chi connectivity index (χ0n) is 19.7. The zero-order valence-corrected chi connectivity index (χ0v) is 20.6. The van der Waals surface area contributed by atoms with E-state index < -0.39 is 5.97 Å². The molecule has 0 aliphatic rings. The second kappa shape index (κ2) is 10.6. The second-order valence-electron chi connectivity index (χ2n) is 10.2. The van der Waals surface area contributed by atoms with Gasteiger partial charge in [0.15, 0.2) is 0 Å². The molecule has 0 heterocycles. The third-order valence-corrected chi connectivity index (χ3v) is 6.26. The van der Waals surface area contributed by atoms with Crippen molar-refractivity contribution in [2.24, 2.45) is 0 Å². The topological polar surface area (TPSA) is 60.8 Å². The molecule has 0 aromatic heterocycles. The fourth-order valence-electron chi connectivity index (χ4n) is 3.56. The Morgan fingerprint density at radius 1 is 0.968 bits per heavy atom. The van der Waals surface area contributed by atoms with Crippen LogP contribution in [-0.4, -0.2) is 39.9 Å². The lowest BCUT2D eigenvalue weighted by atomic mass is 9.79. The monoisotopic (exact) mass is 443 g/mol. The molecule has 0 amide bonds. The number of carboxylic acids is 1. The molecule has 5 heteroatoms. The Bertz CT molecular complexity index is 831. The summed E-state index contributed by atoms with van der Waals surface area (Å²) >= 11 is 1.77. The van der Waals surface area contributed by atoms with Gasteiger partial charge in [0.05, 0.1) is 6.54 Å². The van der Waals surface area contributed by atoms with Gasteiger partial charge in [0.2, 0.25) is 0 Å². The molecule has 0 spiro atoms. The molecule has 0 aliphatic heterocycles. The molecule has 2 N–H and O–H groups in total. The smallest absolute Gasteiger partial charge is 0.317 e. The average molecular weight is 444 g/mol. The molecule has 31 heavy (non-hydrogen) atoms. The van der Waals surface area contributed by atoms with E-state index in [2.05, 4.69) is 53.7 Å². The number of phenols is 1. The first-order valence-corrected chi connectivity index (χ1v) is 11.9. The van der Waals surface area contributed by atoms with E-state index in [1.807, 2.05) is 35.2 Å². The SMILES string of the molecule is CC(C)(C)c1cc(SCCCN(CC(=O)O)Cc2ccccc2)cc(C(C)(C)C)c1O. The summed E-state index contributed by atoms with van der Waals surface area (Å²) in [4.78, 5) is 14.4. The van der Waals surface area contributed by atoms with Gasteiger partial charge in [0.1, 0.15) is 5.75 Å². The second-order valence-corrected chi connectivity index (χ2v) is 11.3. The van der Waals surface area contributed by atoms with Gasteiger partial charge < -0.3 is 10.2 Å². The van der Waals surface area contributed by atoms with Crippen LogP contribution >= 0.6 is 11.8 Å². The van der Waals surface area contributed by atoms with Crippen LogP contribution in [0.5, 0.6) is 5.75 Å². The van der Waals surface area contributed by atoms with Crippen LogP contribution in [0.1, 0.15) is 64.7 Å². The fraction of sp³-hybridized carbons (Fsp3) is 0.500. The van der Waals surface area contributed by atoms with E-state index in [1.165, 1.54) is 0 Å². The molecule has 4 nitrogen and oxygen atoms in total. The van der Waals surface area contributed by atoms with E-state index in [0.29, 0.717) is 12.3 Å². The van der Waals surface area contributed by atoms with Crippen LogP contribution in [-0.2, 0) is 22.2 Å². The number of carbonyl (C=O) groups is 1. The number of thioether (sulfide) groups is 1. The van der Waals surface area contributed by atoms with Crippen molar-refractivity contribution in [3.8, 4) is 5.75 Å². The Labute approximate surface area is 191 Å². The molecule has 2 rings (SSSR count). The number of benzene rings is 2. The molecule has 0 bridgehead atoms. The van der Waals surface area contributed by atoms with Gasteiger partial charge in [0.25, 0.3) is 0 Å². The number of hydrogen-bond donors (Lipinski definition) is 2. The van der Waals surface area contributed by atoms with Crippen LogP contribution in [0.4, 0.5) is 0 Å². The summed E-state index contributed by atoms with van der Waals surface area (Å²) < 4.78 is 0. The lowest BCUT2D eigenvalue weighted by Crippen LogP contribution is -2.30. The molecule has 170 valence electrons.